The maximum Gasteiger partial charge on any atom is 0.341 e. The highest BCUT2D eigenvalue weighted by molar-refractivity contribution is 6.65. The molecule has 0 aliphatic carbocycles. The van der Waals surface area contributed by atoms with E-state index in [4.69, 9.17) is 8.85 Å². The van der Waals surface area contributed by atoms with Gasteiger partial charge in [0.2, 0.25) is 6.54 Å². The first-order valence-corrected chi connectivity index (χ1v) is 5.78. The summed E-state index contributed by atoms with van der Waals surface area (Å²) in [5, 5.41) is 9.99. The predicted molar refractivity (Wildman–Crippen MR) is 42.3 cm³/mol. The molecule has 0 heterocycles. The van der Waals surface area contributed by atoms with E-state index in [0.717, 1.165) is 0 Å². The van der Waals surface area contributed by atoms with E-state index in [1.807, 2.05) is 0 Å². The monoisotopic (exact) mass is 179 g/mol. The molecule has 0 aromatic rings. The minimum absolute atomic E-state index is 0.0790. The van der Waals surface area contributed by atoms with Crippen molar-refractivity contribution in [1.82, 2.24) is 0 Å². The summed E-state index contributed by atoms with van der Waals surface area (Å²) >= 11 is 0. The third kappa shape index (κ3) is 4.07. The topological polar surface area (TPSA) is 61.6 Å². The summed E-state index contributed by atoms with van der Waals surface area (Å²) in [7, 11) is 0.845. The normalized spacial score (nSPS) is 11.5. The van der Waals surface area contributed by atoms with Gasteiger partial charge in [0.1, 0.15) is 0 Å². The minimum Gasteiger partial charge on any atom is -0.398 e. The molecular weight excluding hydrogens is 166 g/mol. The van der Waals surface area contributed by atoms with Gasteiger partial charge in [-0.05, 0) is 6.55 Å². The highest BCUT2D eigenvalue weighted by atomic mass is 28.4. The van der Waals surface area contributed by atoms with Crippen molar-refractivity contribution in [3.63, 3.8) is 0 Å². The van der Waals surface area contributed by atoms with Crippen LogP contribution in [-0.2, 0) is 8.85 Å². The maximum absolute atomic E-state index is 9.99. The van der Waals surface area contributed by atoms with Gasteiger partial charge < -0.3 is 8.85 Å². The van der Waals surface area contributed by atoms with Crippen molar-refractivity contribution >= 4 is 8.56 Å². The molecule has 0 amide bonds. The average Bonchev–Trinajstić information content (AvgIpc) is 2.00. The zero-order valence-electron chi connectivity index (χ0n) is 6.99. The zero-order chi connectivity index (χ0) is 8.91. The van der Waals surface area contributed by atoms with Gasteiger partial charge in [-0.3, -0.25) is 10.1 Å². The quantitative estimate of drug-likeness (QED) is 0.353. The Hall–Kier alpha value is -0.463. The van der Waals surface area contributed by atoms with Crippen molar-refractivity contribution in [3.05, 3.63) is 10.1 Å². The molecule has 0 atom stereocenters. The van der Waals surface area contributed by atoms with Gasteiger partial charge in [0.25, 0.3) is 0 Å². The van der Waals surface area contributed by atoms with E-state index in [2.05, 4.69) is 0 Å². The van der Waals surface area contributed by atoms with Crippen LogP contribution in [0.3, 0.4) is 0 Å². The lowest BCUT2D eigenvalue weighted by atomic mass is 10.8. The maximum atomic E-state index is 9.99. The molecule has 6 heteroatoms. The molecule has 11 heavy (non-hydrogen) atoms. The third-order valence-electron chi connectivity index (χ3n) is 1.61. The molecule has 0 saturated carbocycles. The van der Waals surface area contributed by atoms with Gasteiger partial charge in [0.05, 0.1) is 6.04 Å². The molecule has 0 bridgehead atoms. The van der Waals surface area contributed by atoms with E-state index in [0.29, 0.717) is 6.04 Å². The van der Waals surface area contributed by atoms with Gasteiger partial charge >= 0.3 is 8.56 Å². The molecule has 66 valence electrons. The van der Waals surface area contributed by atoms with Crippen molar-refractivity contribution < 1.29 is 13.8 Å². The van der Waals surface area contributed by atoms with Crippen LogP contribution in [0.5, 0.6) is 0 Å². The summed E-state index contributed by atoms with van der Waals surface area (Å²) < 4.78 is 10.1. The summed E-state index contributed by atoms with van der Waals surface area (Å²) in [5.41, 5.74) is 0. The standard InChI is InChI=1S/C5H13NO4Si/c1-9-11(3,10-2)5-4-6(7)8/h4-5H2,1-3H3. The van der Waals surface area contributed by atoms with Crippen LogP contribution in [0.25, 0.3) is 0 Å². The van der Waals surface area contributed by atoms with Crippen molar-refractivity contribution in [1.29, 1.82) is 0 Å². The van der Waals surface area contributed by atoms with Crippen molar-refractivity contribution in [2.24, 2.45) is 0 Å². The number of nitrogens with zero attached hydrogens (tertiary/aromatic N) is 1. The second kappa shape index (κ2) is 4.42. The fourth-order valence-corrected chi connectivity index (χ4v) is 1.75. The molecule has 0 aliphatic heterocycles. The fraction of sp³-hybridized carbons (Fsp3) is 1.00. The summed E-state index contributed by atoms with van der Waals surface area (Å²) in [6.07, 6.45) is 0. The van der Waals surface area contributed by atoms with Crippen LogP contribution >= 0.6 is 0 Å². The smallest absolute Gasteiger partial charge is 0.341 e. The lowest BCUT2D eigenvalue weighted by Crippen LogP contribution is -2.37. The molecule has 0 aromatic carbocycles. The molecule has 0 aromatic heterocycles. The Morgan fingerprint density at radius 1 is 1.45 bits per heavy atom. The highest BCUT2D eigenvalue weighted by Gasteiger charge is 2.30. The van der Waals surface area contributed by atoms with Crippen LogP contribution < -0.4 is 0 Å². The zero-order valence-corrected chi connectivity index (χ0v) is 7.99. The third-order valence-corrected chi connectivity index (χ3v) is 4.47. The lowest BCUT2D eigenvalue weighted by molar-refractivity contribution is -0.476. The number of rotatable bonds is 5. The molecule has 0 unspecified atom stereocenters. The van der Waals surface area contributed by atoms with Crippen LogP contribution in [0.15, 0.2) is 0 Å². The van der Waals surface area contributed by atoms with Crippen LogP contribution in [0, 0.1) is 10.1 Å². The summed E-state index contributed by atoms with van der Waals surface area (Å²) in [6, 6.07) is 0.396. The van der Waals surface area contributed by atoms with Crippen LogP contribution in [-0.4, -0.2) is 34.2 Å². The van der Waals surface area contributed by atoms with E-state index in [1.54, 1.807) is 6.55 Å². The molecule has 0 fully saturated rings. The van der Waals surface area contributed by atoms with Crippen molar-refractivity contribution in [2.75, 3.05) is 20.8 Å². The molecule has 0 aliphatic rings. The molecular formula is C5H13NO4Si. The number of hydrogen-bond donors (Lipinski definition) is 0. The van der Waals surface area contributed by atoms with E-state index in [9.17, 15) is 10.1 Å². The number of nitro groups is 1. The van der Waals surface area contributed by atoms with Crippen LogP contribution in [0.4, 0.5) is 0 Å². The molecule has 0 radical (unpaired) electrons. The highest BCUT2D eigenvalue weighted by Crippen LogP contribution is 2.09. The van der Waals surface area contributed by atoms with Gasteiger partial charge in [-0.25, -0.2) is 0 Å². The summed E-state index contributed by atoms with van der Waals surface area (Å²) in [6.45, 7) is 1.72. The molecule has 0 N–H and O–H groups in total. The Bertz CT molecular complexity index is 136. The first-order chi connectivity index (χ1) is 5.04. The molecule has 0 spiro atoms. The largest absolute Gasteiger partial charge is 0.398 e. The summed E-state index contributed by atoms with van der Waals surface area (Å²) in [5.74, 6) is 0. The Morgan fingerprint density at radius 3 is 2.18 bits per heavy atom. The van der Waals surface area contributed by atoms with E-state index < -0.39 is 8.56 Å². The van der Waals surface area contributed by atoms with Crippen LogP contribution in [0.2, 0.25) is 12.6 Å². The van der Waals surface area contributed by atoms with E-state index >= 15 is 0 Å². The van der Waals surface area contributed by atoms with E-state index in [1.165, 1.54) is 14.2 Å². The first-order valence-electron chi connectivity index (χ1n) is 3.26. The van der Waals surface area contributed by atoms with Gasteiger partial charge in [-0.2, -0.15) is 0 Å². The molecule has 0 saturated heterocycles. The second-order valence-corrected chi connectivity index (χ2v) is 5.93. The first kappa shape index (κ1) is 10.5. The van der Waals surface area contributed by atoms with Gasteiger partial charge in [0.15, 0.2) is 0 Å². The van der Waals surface area contributed by atoms with Crippen molar-refractivity contribution in [3.8, 4) is 0 Å². The SMILES string of the molecule is CO[Si](C)(CC[N+](=O)[O-])OC. The van der Waals surface area contributed by atoms with Crippen molar-refractivity contribution in [2.45, 2.75) is 12.6 Å². The lowest BCUT2D eigenvalue weighted by Gasteiger charge is -2.20. The second-order valence-electron chi connectivity index (χ2n) is 2.35. The Balaban J connectivity index is 3.78. The Kier molecular flexibility index (Phi) is 4.24. The molecule has 5 nitrogen and oxygen atoms in total. The fourth-order valence-electron chi connectivity index (χ4n) is 0.582. The van der Waals surface area contributed by atoms with Gasteiger partial charge in [-0.15, -0.1) is 0 Å². The Morgan fingerprint density at radius 2 is 1.91 bits per heavy atom. The predicted octanol–water partition coefficient (Wildman–Crippen LogP) is 0.628. The summed E-state index contributed by atoms with van der Waals surface area (Å²) in [4.78, 5) is 9.64. The Labute approximate surface area is 66.7 Å². The number of hydrogen-bond acceptors (Lipinski definition) is 4. The van der Waals surface area contributed by atoms with Crippen LogP contribution in [0.1, 0.15) is 0 Å². The van der Waals surface area contributed by atoms with E-state index in [-0.39, 0.29) is 11.5 Å². The van der Waals surface area contributed by atoms with Gasteiger partial charge in [0, 0.05) is 19.1 Å². The van der Waals surface area contributed by atoms with Gasteiger partial charge in [-0.1, -0.05) is 0 Å². The minimum atomic E-state index is -2.20. The average molecular weight is 179 g/mol. The molecule has 0 rings (SSSR count).